The van der Waals surface area contributed by atoms with Crippen molar-refractivity contribution in [2.24, 2.45) is 11.8 Å². The van der Waals surface area contributed by atoms with Crippen molar-refractivity contribution in [3.63, 3.8) is 0 Å². The number of Topliss-reactive ketones (excluding diaryl/α,β-unsaturated/α-hetero) is 1. The number of ketones is 1. The first-order valence-electron chi connectivity index (χ1n) is 5.84. The average Bonchev–Trinajstić information content (AvgIpc) is 2.20. The molecule has 1 unspecified atom stereocenters. The van der Waals surface area contributed by atoms with Crippen LogP contribution in [0.2, 0.25) is 0 Å². The van der Waals surface area contributed by atoms with Gasteiger partial charge in [0.05, 0.1) is 0 Å². The Kier molecular flexibility index (Phi) is 4.59. The molecule has 82 valence electrons. The van der Waals surface area contributed by atoms with Crippen molar-refractivity contribution in [2.45, 2.75) is 39.5 Å². The summed E-state index contributed by atoms with van der Waals surface area (Å²) >= 11 is 0. The van der Waals surface area contributed by atoms with E-state index in [4.69, 9.17) is 0 Å². The summed E-state index contributed by atoms with van der Waals surface area (Å²) in [6.07, 6.45) is 4.23. The summed E-state index contributed by atoms with van der Waals surface area (Å²) < 4.78 is 0. The van der Waals surface area contributed by atoms with Crippen LogP contribution in [-0.2, 0) is 4.79 Å². The van der Waals surface area contributed by atoms with Gasteiger partial charge in [-0.2, -0.15) is 0 Å². The van der Waals surface area contributed by atoms with Crippen molar-refractivity contribution in [1.29, 1.82) is 0 Å². The van der Waals surface area contributed by atoms with Gasteiger partial charge < -0.3 is 4.90 Å². The highest BCUT2D eigenvalue weighted by Crippen LogP contribution is 2.21. The third-order valence-corrected chi connectivity index (χ3v) is 3.49. The van der Waals surface area contributed by atoms with E-state index in [0.717, 1.165) is 12.8 Å². The Bertz CT molecular complexity index is 183. The van der Waals surface area contributed by atoms with Gasteiger partial charge in [0.25, 0.3) is 0 Å². The molecular formula is C12H23NO. The van der Waals surface area contributed by atoms with Gasteiger partial charge in [-0.25, -0.2) is 0 Å². The molecule has 1 aliphatic heterocycles. The average molecular weight is 197 g/mol. The molecule has 0 saturated carbocycles. The fraction of sp³-hybridized carbons (Fsp3) is 0.917. The smallest absolute Gasteiger partial charge is 0.135 e. The van der Waals surface area contributed by atoms with Crippen LogP contribution in [0.3, 0.4) is 0 Å². The number of carbonyl (C=O) groups is 1. The minimum atomic E-state index is 0.273. The lowest BCUT2D eigenvalue weighted by atomic mass is 9.88. The predicted molar refractivity (Wildman–Crippen MR) is 59.3 cm³/mol. The van der Waals surface area contributed by atoms with Gasteiger partial charge in [0.15, 0.2) is 0 Å². The topological polar surface area (TPSA) is 20.3 Å². The molecule has 0 aliphatic carbocycles. The van der Waals surface area contributed by atoms with Crippen LogP contribution in [0.15, 0.2) is 0 Å². The second-order valence-electron chi connectivity index (χ2n) is 4.73. The molecule has 0 spiro atoms. The summed E-state index contributed by atoms with van der Waals surface area (Å²) in [6.45, 7) is 6.48. The van der Waals surface area contributed by atoms with E-state index in [1.54, 1.807) is 0 Å². The van der Waals surface area contributed by atoms with Crippen LogP contribution >= 0.6 is 0 Å². The lowest BCUT2D eigenvalue weighted by molar-refractivity contribution is -0.123. The highest BCUT2D eigenvalue weighted by molar-refractivity contribution is 5.80. The van der Waals surface area contributed by atoms with Crippen LogP contribution in [0.1, 0.15) is 39.5 Å². The molecule has 1 atom stereocenters. The molecule has 1 heterocycles. The first kappa shape index (κ1) is 11.7. The van der Waals surface area contributed by atoms with Crippen LogP contribution in [0.25, 0.3) is 0 Å². The maximum absolute atomic E-state index is 11.7. The lowest BCUT2D eigenvalue weighted by Crippen LogP contribution is -2.31. The zero-order valence-corrected chi connectivity index (χ0v) is 9.75. The van der Waals surface area contributed by atoms with Crippen LogP contribution in [0.4, 0.5) is 0 Å². The van der Waals surface area contributed by atoms with E-state index in [1.165, 1.54) is 25.9 Å². The number of rotatable bonds is 4. The molecule has 0 radical (unpaired) electrons. The van der Waals surface area contributed by atoms with Crippen molar-refractivity contribution in [3.05, 3.63) is 0 Å². The summed E-state index contributed by atoms with van der Waals surface area (Å²) in [4.78, 5) is 14.1. The second-order valence-corrected chi connectivity index (χ2v) is 4.73. The minimum absolute atomic E-state index is 0.273. The van der Waals surface area contributed by atoms with Gasteiger partial charge in [-0.3, -0.25) is 4.79 Å². The number of nitrogens with zero attached hydrogens (tertiary/aromatic N) is 1. The maximum atomic E-state index is 11.7. The third kappa shape index (κ3) is 3.41. The Morgan fingerprint density at radius 2 is 2.00 bits per heavy atom. The molecule has 0 N–H and O–H groups in total. The lowest BCUT2D eigenvalue weighted by Gasteiger charge is -2.28. The van der Waals surface area contributed by atoms with Gasteiger partial charge in [0.2, 0.25) is 0 Å². The molecule has 1 aliphatic rings. The van der Waals surface area contributed by atoms with Crippen LogP contribution in [-0.4, -0.2) is 30.8 Å². The van der Waals surface area contributed by atoms with Crippen LogP contribution in [0.5, 0.6) is 0 Å². The fourth-order valence-electron chi connectivity index (χ4n) is 1.98. The Morgan fingerprint density at radius 3 is 2.50 bits per heavy atom. The van der Waals surface area contributed by atoms with Crippen molar-refractivity contribution >= 4 is 5.78 Å². The summed E-state index contributed by atoms with van der Waals surface area (Å²) in [5, 5.41) is 0. The number of hydrogen-bond acceptors (Lipinski definition) is 2. The molecule has 0 aromatic carbocycles. The van der Waals surface area contributed by atoms with Crippen molar-refractivity contribution in [2.75, 3.05) is 20.1 Å². The van der Waals surface area contributed by atoms with E-state index in [-0.39, 0.29) is 5.92 Å². The van der Waals surface area contributed by atoms with Crippen molar-refractivity contribution < 1.29 is 4.79 Å². The van der Waals surface area contributed by atoms with E-state index >= 15 is 0 Å². The van der Waals surface area contributed by atoms with E-state index < -0.39 is 0 Å². The Labute approximate surface area is 87.7 Å². The van der Waals surface area contributed by atoms with Gasteiger partial charge in [0, 0.05) is 12.3 Å². The van der Waals surface area contributed by atoms with Crippen molar-refractivity contribution in [3.8, 4) is 0 Å². The molecule has 0 aromatic heterocycles. The maximum Gasteiger partial charge on any atom is 0.135 e. The third-order valence-electron chi connectivity index (χ3n) is 3.49. The number of piperidine rings is 1. The standard InChI is InChI=1S/C12H23NO/c1-4-10(2)12(14)9-11-5-7-13(3)8-6-11/h10-11H,4-9H2,1-3H3. The summed E-state index contributed by atoms with van der Waals surface area (Å²) in [7, 11) is 2.16. The first-order chi connectivity index (χ1) is 6.63. The van der Waals surface area contributed by atoms with E-state index in [9.17, 15) is 4.79 Å². The van der Waals surface area contributed by atoms with E-state index in [2.05, 4.69) is 25.8 Å². The first-order valence-corrected chi connectivity index (χ1v) is 5.84. The normalized spacial score (nSPS) is 22.2. The monoisotopic (exact) mass is 197 g/mol. The van der Waals surface area contributed by atoms with Crippen molar-refractivity contribution in [1.82, 2.24) is 4.90 Å². The number of hydrogen-bond donors (Lipinski definition) is 0. The molecule has 0 aromatic rings. The van der Waals surface area contributed by atoms with Gasteiger partial charge >= 0.3 is 0 Å². The molecule has 2 heteroatoms. The van der Waals surface area contributed by atoms with Gasteiger partial charge in [-0.05, 0) is 45.3 Å². The quantitative estimate of drug-likeness (QED) is 0.689. The minimum Gasteiger partial charge on any atom is -0.306 e. The highest BCUT2D eigenvalue weighted by Gasteiger charge is 2.21. The second kappa shape index (κ2) is 5.50. The zero-order valence-electron chi connectivity index (χ0n) is 9.75. The Morgan fingerprint density at radius 1 is 1.43 bits per heavy atom. The molecule has 2 nitrogen and oxygen atoms in total. The van der Waals surface area contributed by atoms with Crippen LogP contribution in [0, 0.1) is 11.8 Å². The molecule has 1 fully saturated rings. The molecule has 0 bridgehead atoms. The van der Waals surface area contributed by atoms with E-state index in [0.29, 0.717) is 11.7 Å². The van der Waals surface area contributed by atoms with Gasteiger partial charge in [-0.1, -0.05) is 13.8 Å². The van der Waals surface area contributed by atoms with Gasteiger partial charge in [-0.15, -0.1) is 0 Å². The van der Waals surface area contributed by atoms with Crippen LogP contribution < -0.4 is 0 Å². The molecule has 14 heavy (non-hydrogen) atoms. The zero-order chi connectivity index (χ0) is 10.6. The summed E-state index contributed by atoms with van der Waals surface area (Å²) in [6, 6.07) is 0. The predicted octanol–water partition coefficient (Wildman–Crippen LogP) is 2.33. The Balaban J connectivity index is 2.27. The van der Waals surface area contributed by atoms with Gasteiger partial charge in [0.1, 0.15) is 5.78 Å². The molecule has 1 saturated heterocycles. The highest BCUT2D eigenvalue weighted by atomic mass is 16.1. The molecule has 1 rings (SSSR count). The SMILES string of the molecule is CCC(C)C(=O)CC1CCN(C)CC1. The largest absolute Gasteiger partial charge is 0.306 e. The van der Waals surface area contributed by atoms with E-state index in [1.807, 2.05) is 0 Å². The summed E-state index contributed by atoms with van der Waals surface area (Å²) in [5.41, 5.74) is 0. The molecular weight excluding hydrogens is 174 g/mol. The number of likely N-dealkylation sites (tertiary alicyclic amines) is 1. The fourth-order valence-corrected chi connectivity index (χ4v) is 1.98. The summed E-state index contributed by atoms with van der Waals surface area (Å²) in [5.74, 6) is 1.41. The number of carbonyl (C=O) groups excluding carboxylic acids is 1. The Hall–Kier alpha value is -0.370. The molecule has 0 amide bonds.